The van der Waals surface area contributed by atoms with E-state index in [9.17, 15) is 4.39 Å². The molecular formula is C22H27FN2O3. The van der Waals surface area contributed by atoms with E-state index in [0.717, 1.165) is 41.7 Å². The predicted octanol–water partition coefficient (Wildman–Crippen LogP) is 3.22. The van der Waals surface area contributed by atoms with Crippen LogP contribution in [0.15, 0.2) is 54.7 Å². The summed E-state index contributed by atoms with van der Waals surface area (Å²) in [6.07, 6.45) is 3.82. The van der Waals surface area contributed by atoms with Crippen molar-refractivity contribution < 1.29 is 19.3 Å². The second kappa shape index (κ2) is 10.2. The Balaban J connectivity index is 1.53. The molecule has 0 atom stereocenters. The number of ether oxygens (including phenoxy) is 1. The molecule has 0 aliphatic rings. The molecule has 28 heavy (non-hydrogen) atoms. The molecule has 0 saturated carbocycles. The lowest BCUT2D eigenvalue weighted by Gasteiger charge is -2.19. The van der Waals surface area contributed by atoms with E-state index in [1.165, 1.54) is 12.1 Å². The monoisotopic (exact) mass is 386 g/mol. The lowest BCUT2D eigenvalue weighted by molar-refractivity contribution is 0.157. The molecule has 1 heterocycles. The molecule has 3 rings (SSSR count). The number of hydrogen-bond donors (Lipinski definition) is 2. The SMILES string of the molecule is OCCN(CCO)CCCCOc1ccc2c(ccn2-c2ccc(F)cc2)c1. The van der Waals surface area contributed by atoms with E-state index in [-0.39, 0.29) is 19.0 Å². The summed E-state index contributed by atoms with van der Waals surface area (Å²) in [6, 6.07) is 14.4. The van der Waals surface area contributed by atoms with Gasteiger partial charge in [-0.1, -0.05) is 0 Å². The Kier molecular flexibility index (Phi) is 7.42. The molecule has 150 valence electrons. The van der Waals surface area contributed by atoms with Gasteiger partial charge in [-0.05, 0) is 67.9 Å². The molecular weight excluding hydrogens is 359 g/mol. The topological polar surface area (TPSA) is 57.9 Å². The summed E-state index contributed by atoms with van der Waals surface area (Å²) >= 11 is 0. The maximum atomic E-state index is 13.1. The summed E-state index contributed by atoms with van der Waals surface area (Å²) in [5.41, 5.74) is 1.96. The number of aromatic nitrogens is 1. The van der Waals surface area contributed by atoms with E-state index in [0.29, 0.717) is 19.7 Å². The normalized spacial score (nSPS) is 11.4. The molecule has 0 aliphatic carbocycles. The zero-order chi connectivity index (χ0) is 19.8. The summed E-state index contributed by atoms with van der Waals surface area (Å²) in [7, 11) is 0. The van der Waals surface area contributed by atoms with Gasteiger partial charge in [0.2, 0.25) is 0 Å². The fourth-order valence-electron chi connectivity index (χ4n) is 3.28. The highest BCUT2D eigenvalue weighted by Gasteiger charge is 2.06. The van der Waals surface area contributed by atoms with Crippen LogP contribution >= 0.6 is 0 Å². The van der Waals surface area contributed by atoms with Crippen LogP contribution in [0.25, 0.3) is 16.6 Å². The third kappa shape index (κ3) is 5.32. The molecule has 0 bridgehead atoms. The van der Waals surface area contributed by atoms with E-state index in [1.54, 1.807) is 12.1 Å². The molecule has 0 spiro atoms. The second-order valence-corrected chi connectivity index (χ2v) is 6.73. The Labute approximate surface area is 164 Å². The maximum absolute atomic E-state index is 13.1. The molecule has 3 aromatic rings. The van der Waals surface area contributed by atoms with Crippen molar-refractivity contribution in [3.63, 3.8) is 0 Å². The van der Waals surface area contributed by atoms with Gasteiger partial charge in [0.15, 0.2) is 0 Å². The Morgan fingerprint density at radius 3 is 2.36 bits per heavy atom. The van der Waals surface area contributed by atoms with Gasteiger partial charge in [-0.15, -0.1) is 0 Å². The van der Waals surface area contributed by atoms with Crippen LogP contribution < -0.4 is 4.74 Å². The fraction of sp³-hybridized carbons (Fsp3) is 0.364. The molecule has 0 unspecified atom stereocenters. The van der Waals surface area contributed by atoms with Gasteiger partial charge < -0.3 is 19.5 Å². The Hall–Kier alpha value is -2.41. The molecule has 2 aromatic carbocycles. The summed E-state index contributed by atoms with van der Waals surface area (Å²) in [5, 5.41) is 19.1. The van der Waals surface area contributed by atoms with Gasteiger partial charge in [-0.25, -0.2) is 4.39 Å². The number of unbranched alkanes of at least 4 members (excludes halogenated alkanes) is 1. The minimum absolute atomic E-state index is 0.105. The van der Waals surface area contributed by atoms with E-state index in [2.05, 4.69) is 0 Å². The number of rotatable bonds is 11. The van der Waals surface area contributed by atoms with Crippen molar-refractivity contribution in [3.8, 4) is 11.4 Å². The summed E-state index contributed by atoms with van der Waals surface area (Å²) < 4.78 is 21.0. The van der Waals surface area contributed by atoms with Crippen LogP contribution in [0.3, 0.4) is 0 Å². The summed E-state index contributed by atoms with van der Waals surface area (Å²) in [5.74, 6) is 0.582. The third-order valence-corrected chi connectivity index (χ3v) is 4.74. The molecule has 0 fully saturated rings. The zero-order valence-electron chi connectivity index (χ0n) is 15.9. The van der Waals surface area contributed by atoms with Crippen molar-refractivity contribution in [1.82, 2.24) is 9.47 Å². The molecule has 1 aromatic heterocycles. The average Bonchev–Trinajstić information content (AvgIpc) is 3.12. The van der Waals surface area contributed by atoms with Crippen LogP contribution in [0.5, 0.6) is 5.75 Å². The lowest BCUT2D eigenvalue weighted by Crippen LogP contribution is -2.31. The van der Waals surface area contributed by atoms with Crippen LogP contribution in [0, 0.1) is 5.82 Å². The molecule has 0 radical (unpaired) electrons. The molecule has 2 N–H and O–H groups in total. The van der Waals surface area contributed by atoms with Crippen molar-refractivity contribution in [2.24, 2.45) is 0 Å². The lowest BCUT2D eigenvalue weighted by atomic mass is 10.2. The zero-order valence-corrected chi connectivity index (χ0v) is 15.9. The van der Waals surface area contributed by atoms with Gasteiger partial charge in [0.25, 0.3) is 0 Å². The highest BCUT2D eigenvalue weighted by Crippen LogP contribution is 2.25. The summed E-state index contributed by atoms with van der Waals surface area (Å²) in [4.78, 5) is 2.05. The molecule has 5 nitrogen and oxygen atoms in total. The van der Waals surface area contributed by atoms with Crippen LogP contribution in [0.1, 0.15) is 12.8 Å². The van der Waals surface area contributed by atoms with Crippen molar-refractivity contribution in [2.45, 2.75) is 12.8 Å². The van der Waals surface area contributed by atoms with Crippen LogP contribution in [0.2, 0.25) is 0 Å². The van der Waals surface area contributed by atoms with E-state index >= 15 is 0 Å². The van der Waals surface area contributed by atoms with E-state index in [4.69, 9.17) is 14.9 Å². The van der Waals surface area contributed by atoms with Crippen LogP contribution in [0.4, 0.5) is 4.39 Å². The van der Waals surface area contributed by atoms with Gasteiger partial charge >= 0.3 is 0 Å². The number of aliphatic hydroxyl groups excluding tert-OH is 2. The molecule has 0 aliphatic heterocycles. The molecule has 0 saturated heterocycles. The number of aliphatic hydroxyl groups is 2. The minimum atomic E-state index is -0.244. The highest BCUT2D eigenvalue weighted by molar-refractivity contribution is 5.83. The number of nitrogens with zero attached hydrogens (tertiary/aromatic N) is 2. The van der Waals surface area contributed by atoms with Crippen LogP contribution in [-0.2, 0) is 0 Å². The van der Waals surface area contributed by atoms with Crippen molar-refractivity contribution in [1.29, 1.82) is 0 Å². The van der Waals surface area contributed by atoms with Gasteiger partial charge in [-0.3, -0.25) is 4.90 Å². The number of halogens is 1. The van der Waals surface area contributed by atoms with Crippen molar-refractivity contribution in [3.05, 3.63) is 60.5 Å². The van der Waals surface area contributed by atoms with Crippen molar-refractivity contribution >= 4 is 10.9 Å². The number of benzene rings is 2. The maximum Gasteiger partial charge on any atom is 0.123 e. The predicted molar refractivity (Wildman–Crippen MR) is 109 cm³/mol. The quantitative estimate of drug-likeness (QED) is 0.497. The van der Waals surface area contributed by atoms with Gasteiger partial charge in [0.05, 0.1) is 25.3 Å². The van der Waals surface area contributed by atoms with Crippen LogP contribution in [-0.4, -0.2) is 59.1 Å². The number of fused-ring (bicyclic) bond motifs is 1. The van der Waals surface area contributed by atoms with Crippen molar-refractivity contribution in [2.75, 3.05) is 39.5 Å². The Bertz CT molecular complexity index is 858. The first-order chi connectivity index (χ1) is 13.7. The number of hydrogen-bond acceptors (Lipinski definition) is 4. The average molecular weight is 386 g/mol. The Morgan fingerprint density at radius 1 is 0.893 bits per heavy atom. The first kappa shape index (κ1) is 20.3. The van der Waals surface area contributed by atoms with Gasteiger partial charge in [0.1, 0.15) is 11.6 Å². The van der Waals surface area contributed by atoms with Gasteiger partial charge in [0, 0.05) is 30.4 Å². The Morgan fingerprint density at radius 2 is 1.64 bits per heavy atom. The second-order valence-electron chi connectivity index (χ2n) is 6.73. The third-order valence-electron chi connectivity index (χ3n) is 4.74. The molecule has 6 heteroatoms. The molecule has 0 amide bonds. The van der Waals surface area contributed by atoms with Gasteiger partial charge in [-0.2, -0.15) is 0 Å². The standard InChI is InChI=1S/C22H27FN2O3/c23-19-3-5-20(6-4-19)25-11-9-18-17-21(7-8-22(18)25)28-16-2-1-10-24(12-14-26)13-15-27/h3-9,11,17,26-27H,1-2,10,12-16H2. The van der Waals surface area contributed by atoms with E-state index < -0.39 is 0 Å². The first-order valence-electron chi connectivity index (χ1n) is 9.65. The summed E-state index contributed by atoms with van der Waals surface area (Å²) in [6.45, 7) is 2.84. The first-order valence-corrected chi connectivity index (χ1v) is 9.65. The smallest absolute Gasteiger partial charge is 0.123 e. The highest BCUT2D eigenvalue weighted by atomic mass is 19.1. The largest absolute Gasteiger partial charge is 0.494 e. The fourth-order valence-corrected chi connectivity index (χ4v) is 3.28. The van der Waals surface area contributed by atoms with E-state index in [1.807, 2.05) is 39.9 Å². The minimum Gasteiger partial charge on any atom is -0.494 e.